The van der Waals surface area contributed by atoms with Gasteiger partial charge in [-0.15, -0.1) is 0 Å². The van der Waals surface area contributed by atoms with E-state index in [9.17, 15) is 4.79 Å². The van der Waals surface area contributed by atoms with Gasteiger partial charge < -0.3 is 19.5 Å². The standard InChI is InChI=1S/C25H29N3O4.C2H6/c1-2-30-25(29)32-14-13-31-22-7-3-5-19(15-22)17-28-12-10-21(18-28)27-24-8-4-6-20-16-26-11-9-23(20)24;1-2/h3-9,11,15-16,21,27H,2,10,12-14,17-18H2,1H3;1-2H3/t21-;/m0./s1. The molecule has 0 amide bonds. The zero-order chi connectivity index (χ0) is 24.2. The Balaban J connectivity index is 0.00000158. The normalized spacial score (nSPS) is 15.3. The van der Waals surface area contributed by atoms with Crippen molar-refractivity contribution in [2.75, 3.05) is 38.2 Å². The molecule has 1 aliphatic rings. The molecule has 1 atom stereocenters. The van der Waals surface area contributed by atoms with E-state index >= 15 is 0 Å². The predicted molar refractivity (Wildman–Crippen MR) is 135 cm³/mol. The lowest BCUT2D eigenvalue weighted by Crippen LogP contribution is -2.26. The Bertz CT molecular complexity index is 1040. The molecule has 0 spiro atoms. The number of anilines is 1. The average molecular weight is 466 g/mol. The van der Waals surface area contributed by atoms with Crippen LogP contribution in [0.15, 0.2) is 60.9 Å². The third kappa shape index (κ3) is 7.35. The Hall–Kier alpha value is -3.32. The van der Waals surface area contributed by atoms with Gasteiger partial charge in [-0.25, -0.2) is 4.79 Å². The first-order valence-corrected chi connectivity index (χ1v) is 12.0. The summed E-state index contributed by atoms with van der Waals surface area (Å²) in [6.45, 7) is 9.39. The molecule has 1 aromatic heterocycles. The number of ether oxygens (including phenoxy) is 3. The van der Waals surface area contributed by atoms with Gasteiger partial charge >= 0.3 is 6.16 Å². The van der Waals surface area contributed by atoms with Gasteiger partial charge in [0.05, 0.1) is 6.61 Å². The van der Waals surface area contributed by atoms with Crippen LogP contribution in [0.25, 0.3) is 10.8 Å². The number of nitrogens with one attached hydrogen (secondary N) is 1. The molecule has 2 aromatic carbocycles. The van der Waals surface area contributed by atoms with Gasteiger partial charge in [0, 0.05) is 54.5 Å². The zero-order valence-electron chi connectivity index (χ0n) is 20.3. The van der Waals surface area contributed by atoms with Gasteiger partial charge in [0.1, 0.15) is 19.0 Å². The highest BCUT2D eigenvalue weighted by atomic mass is 16.7. The molecule has 0 bridgehead atoms. The maximum atomic E-state index is 11.2. The quantitative estimate of drug-likeness (QED) is 0.330. The highest BCUT2D eigenvalue weighted by Crippen LogP contribution is 2.25. The summed E-state index contributed by atoms with van der Waals surface area (Å²) >= 11 is 0. The predicted octanol–water partition coefficient (Wildman–Crippen LogP) is 5.50. The van der Waals surface area contributed by atoms with Gasteiger partial charge in [0.2, 0.25) is 0 Å². The fraction of sp³-hybridized carbons (Fsp3) is 0.407. The lowest BCUT2D eigenvalue weighted by molar-refractivity contribution is 0.0495. The van der Waals surface area contributed by atoms with Crippen LogP contribution in [0.5, 0.6) is 5.75 Å². The van der Waals surface area contributed by atoms with Gasteiger partial charge in [-0.3, -0.25) is 9.88 Å². The van der Waals surface area contributed by atoms with Crippen LogP contribution in [-0.4, -0.2) is 55.0 Å². The second-order valence-electron chi connectivity index (χ2n) is 7.79. The van der Waals surface area contributed by atoms with E-state index in [0.29, 0.717) is 19.3 Å². The fourth-order valence-corrected chi connectivity index (χ4v) is 4.00. The summed E-state index contributed by atoms with van der Waals surface area (Å²) in [5.74, 6) is 0.771. The molecule has 0 unspecified atom stereocenters. The maximum absolute atomic E-state index is 11.2. The number of rotatable bonds is 9. The van der Waals surface area contributed by atoms with Crippen LogP contribution in [0.1, 0.15) is 32.8 Å². The number of benzene rings is 2. The molecule has 182 valence electrons. The van der Waals surface area contributed by atoms with E-state index in [0.717, 1.165) is 42.9 Å². The molecule has 4 rings (SSSR count). The van der Waals surface area contributed by atoms with Crippen LogP contribution in [-0.2, 0) is 16.0 Å². The van der Waals surface area contributed by atoms with Gasteiger partial charge in [-0.1, -0.05) is 38.1 Å². The molecule has 1 saturated heterocycles. The van der Waals surface area contributed by atoms with E-state index in [4.69, 9.17) is 14.2 Å². The summed E-state index contributed by atoms with van der Waals surface area (Å²) in [6.07, 6.45) is 4.18. The van der Waals surface area contributed by atoms with E-state index in [-0.39, 0.29) is 6.61 Å². The Morgan fingerprint density at radius 2 is 1.97 bits per heavy atom. The van der Waals surface area contributed by atoms with E-state index < -0.39 is 6.16 Å². The van der Waals surface area contributed by atoms with Crippen LogP contribution >= 0.6 is 0 Å². The topological polar surface area (TPSA) is 72.9 Å². The number of hydrogen-bond donors (Lipinski definition) is 1. The van der Waals surface area contributed by atoms with Crippen LogP contribution in [0.2, 0.25) is 0 Å². The minimum absolute atomic E-state index is 0.159. The third-order valence-corrected chi connectivity index (χ3v) is 5.45. The number of fused-ring (bicyclic) bond motifs is 1. The summed E-state index contributed by atoms with van der Waals surface area (Å²) in [5.41, 5.74) is 2.36. The molecule has 7 heteroatoms. The highest BCUT2D eigenvalue weighted by molar-refractivity contribution is 5.93. The Morgan fingerprint density at radius 3 is 2.82 bits per heavy atom. The van der Waals surface area contributed by atoms with Crippen molar-refractivity contribution in [1.29, 1.82) is 0 Å². The monoisotopic (exact) mass is 465 g/mol. The fourth-order valence-electron chi connectivity index (χ4n) is 4.00. The van der Waals surface area contributed by atoms with Crippen molar-refractivity contribution in [1.82, 2.24) is 9.88 Å². The second-order valence-corrected chi connectivity index (χ2v) is 7.79. The molecule has 1 aliphatic heterocycles. The number of hydrogen-bond acceptors (Lipinski definition) is 7. The minimum atomic E-state index is -0.665. The molecule has 34 heavy (non-hydrogen) atoms. The van der Waals surface area contributed by atoms with E-state index in [1.165, 1.54) is 10.9 Å². The lowest BCUT2D eigenvalue weighted by Gasteiger charge is -2.19. The van der Waals surface area contributed by atoms with E-state index in [2.05, 4.69) is 45.5 Å². The van der Waals surface area contributed by atoms with Gasteiger partial charge in [0.15, 0.2) is 0 Å². The smallest absolute Gasteiger partial charge is 0.490 e. The summed E-state index contributed by atoms with van der Waals surface area (Å²) < 4.78 is 15.4. The Labute approximate surface area is 202 Å². The van der Waals surface area contributed by atoms with Crippen LogP contribution in [0.3, 0.4) is 0 Å². The Kier molecular flexibility index (Phi) is 9.98. The molecule has 0 saturated carbocycles. The molecule has 3 aromatic rings. The first-order chi connectivity index (χ1) is 16.7. The maximum Gasteiger partial charge on any atom is 0.508 e. The number of carbonyl (C=O) groups is 1. The summed E-state index contributed by atoms with van der Waals surface area (Å²) in [7, 11) is 0. The molecule has 1 N–H and O–H groups in total. The van der Waals surface area contributed by atoms with Crippen LogP contribution in [0.4, 0.5) is 10.5 Å². The van der Waals surface area contributed by atoms with E-state index in [1.807, 2.05) is 44.4 Å². The third-order valence-electron chi connectivity index (χ3n) is 5.45. The SMILES string of the molecule is CC.CCOC(=O)OCCOc1cccc(CN2CC[C@H](Nc3cccc4cnccc34)C2)c1. The van der Waals surface area contributed by atoms with Gasteiger partial charge in [0.25, 0.3) is 0 Å². The number of likely N-dealkylation sites (tertiary alicyclic amines) is 1. The van der Waals surface area contributed by atoms with Gasteiger partial charge in [-0.2, -0.15) is 0 Å². The molecular weight excluding hydrogens is 430 g/mol. The van der Waals surface area contributed by atoms with Crippen molar-refractivity contribution in [3.63, 3.8) is 0 Å². The summed E-state index contributed by atoms with van der Waals surface area (Å²) in [4.78, 5) is 17.9. The highest BCUT2D eigenvalue weighted by Gasteiger charge is 2.22. The molecule has 7 nitrogen and oxygen atoms in total. The summed E-state index contributed by atoms with van der Waals surface area (Å²) in [6, 6.07) is 16.8. The lowest BCUT2D eigenvalue weighted by atomic mass is 10.1. The molecule has 1 fully saturated rings. The first-order valence-electron chi connectivity index (χ1n) is 12.0. The number of pyridine rings is 1. The van der Waals surface area contributed by atoms with Crippen molar-refractivity contribution in [3.8, 4) is 5.75 Å². The molecular formula is C27H35N3O4. The van der Waals surface area contributed by atoms with Crippen molar-refractivity contribution in [3.05, 3.63) is 66.5 Å². The number of nitrogens with zero attached hydrogens (tertiary/aromatic N) is 2. The Morgan fingerprint density at radius 1 is 1.12 bits per heavy atom. The van der Waals surface area contributed by atoms with Crippen LogP contribution in [0, 0.1) is 0 Å². The van der Waals surface area contributed by atoms with Crippen molar-refractivity contribution in [2.24, 2.45) is 0 Å². The number of carbonyl (C=O) groups excluding carboxylic acids is 1. The number of aromatic nitrogens is 1. The van der Waals surface area contributed by atoms with Crippen molar-refractivity contribution in [2.45, 2.75) is 39.8 Å². The molecule has 2 heterocycles. The summed E-state index contributed by atoms with van der Waals surface area (Å²) in [5, 5.41) is 6.07. The van der Waals surface area contributed by atoms with Crippen LogP contribution < -0.4 is 10.1 Å². The van der Waals surface area contributed by atoms with Crippen molar-refractivity contribution >= 4 is 22.6 Å². The largest absolute Gasteiger partial charge is 0.508 e. The molecule has 0 radical (unpaired) electrons. The minimum Gasteiger partial charge on any atom is -0.490 e. The molecule has 0 aliphatic carbocycles. The average Bonchev–Trinajstić information content (AvgIpc) is 3.30. The first kappa shape index (κ1) is 25.3. The second kappa shape index (κ2) is 13.4. The van der Waals surface area contributed by atoms with E-state index in [1.54, 1.807) is 6.92 Å². The zero-order valence-corrected chi connectivity index (χ0v) is 20.3. The van der Waals surface area contributed by atoms with Crippen molar-refractivity contribution < 1.29 is 19.0 Å². The van der Waals surface area contributed by atoms with Gasteiger partial charge in [-0.05, 0) is 43.2 Å².